The lowest BCUT2D eigenvalue weighted by Gasteiger charge is -2.18. The van der Waals surface area contributed by atoms with E-state index in [1.54, 1.807) is 0 Å². The van der Waals surface area contributed by atoms with Crippen molar-refractivity contribution in [2.24, 2.45) is 0 Å². The van der Waals surface area contributed by atoms with E-state index in [0.29, 0.717) is 19.3 Å². The lowest BCUT2D eigenvalue weighted by Crippen LogP contribution is -2.30. The molecule has 0 bridgehead atoms. The van der Waals surface area contributed by atoms with Gasteiger partial charge in [0.15, 0.2) is 6.10 Å². The number of ether oxygens (including phenoxy) is 3. The standard InChI is InChI=1S/C63H102O6/c1-4-7-10-13-15-17-19-20-21-22-23-24-25-26-27-28-29-30-31-32-33-34-35-36-37-38-39-40-41-42-44-45-47-50-53-56-62(65)68-59-60(58-67-61(64)55-52-49-12-9-6-3)69-63(66)57-54-51-48-46-43-18-16-14-11-8-5-2/h7,10,15,17,20-21,23-24,26-27,29-30,32-33,35-36,38-39,41-42,60H,4-6,8-9,11-14,16,18-19,22,25,28,31,34,37,40,43-59H2,1-3H3/b10-7-,17-15-,21-20-,24-23-,27-26-,30-29-,33-32-,36-35-,39-38-,42-41-. The Balaban J connectivity index is 4.09. The molecule has 0 heterocycles. The average molecular weight is 956 g/mol. The first-order valence-corrected chi connectivity index (χ1v) is 28.0. The van der Waals surface area contributed by atoms with Gasteiger partial charge in [-0.2, -0.15) is 0 Å². The van der Waals surface area contributed by atoms with Crippen LogP contribution in [0.5, 0.6) is 0 Å². The van der Waals surface area contributed by atoms with E-state index in [0.717, 1.165) is 141 Å². The summed E-state index contributed by atoms with van der Waals surface area (Å²) in [5.74, 6) is -0.932. The molecule has 0 aromatic heterocycles. The molecule has 0 saturated heterocycles. The van der Waals surface area contributed by atoms with Crippen molar-refractivity contribution in [3.63, 3.8) is 0 Å². The molecule has 6 nitrogen and oxygen atoms in total. The zero-order valence-corrected chi connectivity index (χ0v) is 44.5. The minimum absolute atomic E-state index is 0.0868. The maximum Gasteiger partial charge on any atom is 0.306 e. The predicted octanol–water partition coefficient (Wildman–Crippen LogP) is 18.9. The highest BCUT2D eigenvalue weighted by Gasteiger charge is 2.19. The monoisotopic (exact) mass is 955 g/mol. The summed E-state index contributed by atoms with van der Waals surface area (Å²) in [4.78, 5) is 37.6. The molecule has 1 unspecified atom stereocenters. The Morgan fingerprint density at radius 3 is 0.884 bits per heavy atom. The lowest BCUT2D eigenvalue weighted by atomic mass is 10.1. The number of allylic oxidation sites excluding steroid dienone is 20. The van der Waals surface area contributed by atoms with E-state index in [1.165, 1.54) is 57.8 Å². The Bertz CT molecular complexity index is 1470. The molecule has 0 N–H and O–H groups in total. The summed E-state index contributed by atoms with van der Waals surface area (Å²) in [6.07, 6.45) is 78.1. The molecule has 0 aromatic carbocycles. The molecule has 69 heavy (non-hydrogen) atoms. The van der Waals surface area contributed by atoms with Crippen LogP contribution >= 0.6 is 0 Å². The van der Waals surface area contributed by atoms with Gasteiger partial charge in [0.05, 0.1) is 0 Å². The maximum absolute atomic E-state index is 12.7. The van der Waals surface area contributed by atoms with Crippen LogP contribution in [-0.4, -0.2) is 37.2 Å². The van der Waals surface area contributed by atoms with Crippen molar-refractivity contribution >= 4 is 17.9 Å². The summed E-state index contributed by atoms with van der Waals surface area (Å²) < 4.78 is 16.6. The third-order valence-electron chi connectivity index (χ3n) is 11.5. The van der Waals surface area contributed by atoms with Gasteiger partial charge in [0.25, 0.3) is 0 Å². The smallest absolute Gasteiger partial charge is 0.306 e. The van der Waals surface area contributed by atoms with E-state index in [1.807, 2.05) is 0 Å². The lowest BCUT2D eigenvalue weighted by molar-refractivity contribution is -0.167. The van der Waals surface area contributed by atoms with Crippen molar-refractivity contribution in [1.82, 2.24) is 0 Å². The first kappa shape index (κ1) is 64.8. The number of hydrogen-bond donors (Lipinski definition) is 0. The highest BCUT2D eigenvalue weighted by Crippen LogP contribution is 2.14. The van der Waals surface area contributed by atoms with Crippen molar-refractivity contribution in [3.8, 4) is 0 Å². The number of esters is 3. The molecule has 0 amide bonds. The van der Waals surface area contributed by atoms with Gasteiger partial charge in [0.1, 0.15) is 13.2 Å². The molecule has 0 aliphatic heterocycles. The first-order chi connectivity index (χ1) is 34.0. The molecular formula is C63H102O6. The zero-order chi connectivity index (χ0) is 50.0. The van der Waals surface area contributed by atoms with Gasteiger partial charge in [-0.25, -0.2) is 0 Å². The highest BCUT2D eigenvalue weighted by molar-refractivity contribution is 5.71. The van der Waals surface area contributed by atoms with Gasteiger partial charge in [-0.05, 0) is 96.3 Å². The molecule has 0 saturated carbocycles. The van der Waals surface area contributed by atoms with E-state index in [2.05, 4.69) is 142 Å². The fraction of sp³-hybridized carbons (Fsp3) is 0.635. The van der Waals surface area contributed by atoms with Gasteiger partial charge in [0.2, 0.25) is 0 Å². The second kappa shape index (κ2) is 56.4. The van der Waals surface area contributed by atoms with Gasteiger partial charge in [0, 0.05) is 19.3 Å². The predicted molar refractivity (Wildman–Crippen MR) is 297 cm³/mol. The normalized spacial score (nSPS) is 13.0. The third kappa shape index (κ3) is 54.6. The topological polar surface area (TPSA) is 78.9 Å². The summed E-state index contributed by atoms with van der Waals surface area (Å²) in [6, 6.07) is 0. The van der Waals surface area contributed by atoms with Gasteiger partial charge in [-0.3, -0.25) is 14.4 Å². The second-order valence-electron chi connectivity index (χ2n) is 18.1. The minimum atomic E-state index is -0.783. The molecule has 0 aliphatic carbocycles. The van der Waals surface area contributed by atoms with Crippen LogP contribution in [0, 0.1) is 0 Å². The van der Waals surface area contributed by atoms with E-state index >= 15 is 0 Å². The minimum Gasteiger partial charge on any atom is -0.462 e. The second-order valence-corrected chi connectivity index (χ2v) is 18.1. The largest absolute Gasteiger partial charge is 0.462 e. The average Bonchev–Trinajstić information content (AvgIpc) is 3.35. The van der Waals surface area contributed by atoms with Gasteiger partial charge >= 0.3 is 17.9 Å². The Morgan fingerprint density at radius 1 is 0.304 bits per heavy atom. The molecule has 0 rings (SSSR count). The van der Waals surface area contributed by atoms with E-state index in [4.69, 9.17) is 14.2 Å². The van der Waals surface area contributed by atoms with Gasteiger partial charge in [-0.15, -0.1) is 0 Å². The zero-order valence-electron chi connectivity index (χ0n) is 44.5. The van der Waals surface area contributed by atoms with Crippen LogP contribution in [0.4, 0.5) is 0 Å². The Morgan fingerprint density at radius 2 is 0.565 bits per heavy atom. The Kier molecular flexibility index (Phi) is 53.0. The Labute approximate surface area is 424 Å². The van der Waals surface area contributed by atoms with E-state index in [-0.39, 0.29) is 31.1 Å². The molecular weight excluding hydrogens is 853 g/mol. The van der Waals surface area contributed by atoms with Crippen LogP contribution in [0.15, 0.2) is 122 Å². The third-order valence-corrected chi connectivity index (χ3v) is 11.5. The maximum atomic E-state index is 12.7. The molecule has 0 spiro atoms. The first-order valence-electron chi connectivity index (χ1n) is 28.0. The van der Waals surface area contributed by atoms with Crippen LogP contribution in [0.25, 0.3) is 0 Å². The fourth-order valence-electron chi connectivity index (χ4n) is 7.29. The van der Waals surface area contributed by atoms with E-state index in [9.17, 15) is 14.4 Å². The van der Waals surface area contributed by atoms with Gasteiger partial charge in [-0.1, -0.05) is 245 Å². The summed E-state index contributed by atoms with van der Waals surface area (Å²) in [5.41, 5.74) is 0. The molecule has 0 radical (unpaired) electrons. The molecule has 0 aliphatic rings. The molecule has 390 valence electrons. The van der Waals surface area contributed by atoms with Crippen LogP contribution in [0.3, 0.4) is 0 Å². The highest BCUT2D eigenvalue weighted by atomic mass is 16.6. The van der Waals surface area contributed by atoms with E-state index < -0.39 is 6.10 Å². The SMILES string of the molecule is CC/C=C\C/C=C\C/C=C\C/C=C\C/C=C\C/C=C\C/C=C\C/C=C\C/C=C\C/C=C\CCCCCCC(=O)OCC(COC(=O)CCCCCCC)OC(=O)CCCCCCCCCCCCC. The fourth-order valence-corrected chi connectivity index (χ4v) is 7.29. The van der Waals surface area contributed by atoms with Crippen molar-refractivity contribution < 1.29 is 28.6 Å². The number of carbonyl (C=O) groups excluding carboxylic acids is 3. The molecule has 6 heteroatoms. The molecule has 1 atom stereocenters. The summed E-state index contributed by atoms with van der Waals surface area (Å²) in [6.45, 7) is 6.39. The van der Waals surface area contributed by atoms with Crippen molar-refractivity contribution in [2.75, 3.05) is 13.2 Å². The summed E-state index contributed by atoms with van der Waals surface area (Å²) in [5, 5.41) is 0. The summed E-state index contributed by atoms with van der Waals surface area (Å²) in [7, 11) is 0. The van der Waals surface area contributed by atoms with Crippen LogP contribution in [0.2, 0.25) is 0 Å². The summed E-state index contributed by atoms with van der Waals surface area (Å²) >= 11 is 0. The van der Waals surface area contributed by atoms with Gasteiger partial charge < -0.3 is 14.2 Å². The van der Waals surface area contributed by atoms with Crippen molar-refractivity contribution in [1.29, 1.82) is 0 Å². The number of unbranched alkanes of at least 4 members (excludes halogenated alkanes) is 18. The van der Waals surface area contributed by atoms with Crippen LogP contribution in [-0.2, 0) is 28.6 Å². The van der Waals surface area contributed by atoms with Crippen molar-refractivity contribution in [3.05, 3.63) is 122 Å². The Hall–Kier alpha value is -4.19. The quantitative estimate of drug-likeness (QED) is 0.0262. The van der Waals surface area contributed by atoms with Crippen LogP contribution in [0.1, 0.15) is 239 Å². The number of rotatable bonds is 49. The van der Waals surface area contributed by atoms with Crippen molar-refractivity contribution in [2.45, 2.75) is 245 Å². The molecule has 0 fully saturated rings. The van der Waals surface area contributed by atoms with Crippen LogP contribution < -0.4 is 0 Å². The number of hydrogen-bond acceptors (Lipinski definition) is 6. The number of carbonyl (C=O) groups is 3. The molecule has 0 aromatic rings.